The van der Waals surface area contributed by atoms with E-state index in [0.29, 0.717) is 11.5 Å². The molecule has 0 amide bonds. The summed E-state index contributed by atoms with van der Waals surface area (Å²) in [6, 6.07) is 11.9. The summed E-state index contributed by atoms with van der Waals surface area (Å²) in [6.07, 6.45) is 3.42. The lowest BCUT2D eigenvalue weighted by molar-refractivity contribution is 0.355. The van der Waals surface area contributed by atoms with Crippen LogP contribution in [0.15, 0.2) is 49.3 Å². The van der Waals surface area contributed by atoms with Crippen LogP contribution in [0.4, 0.5) is 11.5 Å². The van der Waals surface area contributed by atoms with E-state index in [1.165, 1.54) is 0 Å². The van der Waals surface area contributed by atoms with E-state index in [2.05, 4.69) is 31.7 Å². The second-order valence-electron chi connectivity index (χ2n) is 7.15. The standard InChI is InChI=1S/C23H25N5O2S/c1-4-16-5-7-17(8-6-16)26-23(31)28-11-9-27(10-12-28)22-18-13-20(29-2)21(30-3)14-19(18)24-15-25-22/h4-8,13-15H,1,9-12H2,2-3H3,(H,26,31). The van der Waals surface area contributed by atoms with Gasteiger partial charge in [-0.25, -0.2) is 9.97 Å². The topological polar surface area (TPSA) is 62.8 Å². The molecule has 0 spiro atoms. The SMILES string of the molecule is C=Cc1ccc(NC(=S)N2CCN(c3ncnc4cc(OC)c(OC)cc34)CC2)cc1. The zero-order valence-electron chi connectivity index (χ0n) is 17.7. The van der Waals surface area contributed by atoms with Gasteiger partial charge in [-0.3, -0.25) is 0 Å². The molecule has 0 aliphatic carbocycles. The van der Waals surface area contributed by atoms with E-state index in [9.17, 15) is 0 Å². The molecule has 160 valence electrons. The van der Waals surface area contributed by atoms with Crippen molar-refractivity contribution in [1.29, 1.82) is 0 Å². The lowest BCUT2D eigenvalue weighted by Gasteiger charge is -2.37. The van der Waals surface area contributed by atoms with E-state index in [1.54, 1.807) is 20.5 Å². The van der Waals surface area contributed by atoms with Crippen molar-refractivity contribution in [2.24, 2.45) is 0 Å². The van der Waals surface area contributed by atoms with Gasteiger partial charge in [0.15, 0.2) is 16.6 Å². The monoisotopic (exact) mass is 435 g/mol. The highest BCUT2D eigenvalue weighted by Crippen LogP contribution is 2.34. The fraction of sp³-hybridized carbons (Fsp3) is 0.261. The molecule has 1 aliphatic rings. The van der Waals surface area contributed by atoms with Crippen molar-refractivity contribution in [1.82, 2.24) is 14.9 Å². The van der Waals surface area contributed by atoms with Gasteiger partial charge in [-0.05, 0) is 36.0 Å². The summed E-state index contributed by atoms with van der Waals surface area (Å²) >= 11 is 5.63. The number of thiocarbonyl (C=S) groups is 1. The van der Waals surface area contributed by atoms with E-state index < -0.39 is 0 Å². The minimum absolute atomic E-state index is 0.655. The second-order valence-corrected chi connectivity index (χ2v) is 7.54. The molecular formula is C23H25N5O2S. The van der Waals surface area contributed by atoms with Crippen LogP contribution in [-0.4, -0.2) is 60.4 Å². The maximum Gasteiger partial charge on any atom is 0.173 e. The Labute approximate surface area is 187 Å². The molecule has 1 aliphatic heterocycles. The van der Waals surface area contributed by atoms with Crippen molar-refractivity contribution < 1.29 is 9.47 Å². The third-order valence-electron chi connectivity index (χ3n) is 5.38. The number of anilines is 2. The Morgan fingerprint density at radius 2 is 1.71 bits per heavy atom. The van der Waals surface area contributed by atoms with Gasteiger partial charge in [-0.15, -0.1) is 0 Å². The first-order valence-corrected chi connectivity index (χ1v) is 10.4. The molecule has 1 N–H and O–H groups in total. The molecule has 1 fully saturated rings. The molecule has 3 aromatic rings. The molecule has 1 aromatic heterocycles. The molecule has 0 unspecified atom stereocenters. The average Bonchev–Trinajstić information content (AvgIpc) is 2.83. The zero-order chi connectivity index (χ0) is 21.8. The number of aromatic nitrogens is 2. The number of nitrogens with one attached hydrogen (secondary N) is 1. The number of hydrogen-bond donors (Lipinski definition) is 1. The van der Waals surface area contributed by atoms with Crippen LogP contribution in [0.5, 0.6) is 11.5 Å². The number of fused-ring (bicyclic) bond motifs is 1. The third-order valence-corrected chi connectivity index (χ3v) is 5.74. The van der Waals surface area contributed by atoms with Crippen molar-refractivity contribution >= 4 is 45.8 Å². The number of methoxy groups -OCH3 is 2. The third kappa shape index (κ3) is 4.39. The first kappa shape index (κ1) is 20.9. The van der Waals surface area contributed by atoms with Crippen molar-refractivity contribution in [2.45, 2.75) is 0 Å². The van der Waals surface area contributed by atoms with E-state index in [4.69, 9.17) is 21.7 Å². The number of hydrogen-bond acceptors (Lipinski definition) is 6. The van der Waals surface area contributed by atoms with Crippen molar-refractivity contribution in [3.8, 4) is 11.5 Å². The lowest BCUT2D eigenvalue weighted by Crippen LogP contribution is -2.50. The van der Waals surface area contributed by atoms with Crippen molar-refractivity contribution in [3.63, 3.8) is 0 Å². The van der Waals surface area contributed by atoms with Crippen LogP contribution in [0.25, 0.3) is 17.0 Å². The molecule has 0 bridgehead atoms. The number of piperazine rings is 1. The number of benzene rings is 2. The Hall–Kier alpha value is -3.39. The predicted octanol–water partition coefficient (Wildman–Crippen LogP) is 3.81. The lowest BCUT2D eigenvalue weighted by atomic mass is 10.2. The summed E-state index contributed by atoms with van der Waals surface area (Å²) in [7, 11) is 3.25. The predicted molar refractivity (Wildman–Crippen MR) is 129 cm³/mol. The molecule has 4 rings (SSSR count). The van der Waals surface area contributed by atoms with Crippen LogP contribution < -0.4 is 19.7 Å². The molecule has 2 heterocycles. The minimum atomic E-state index is 0.655. The molecule has 1 saturated heterocycles. The van der Waals surface area contributed by atoms with Gasteiger partial charge in [-0.2, -0.15) is 0 Å². The maximum atomic E-state index is 5.63. The summed E-state index contributed by atoms with van der Waals surface area (Å²) in [5.74, 6) is 2.21. The summed E-state index contributed by atoms with van der Waals surface area (Å²) in [5, 5.41) is 4.99. The van der Waals surface area contributed by atoms with Gasteiger partial charge in [0.25, 0.3) is 0 Å². The van der Waals surface area contributed by atoms with E-state index in [1.807, 2.05) is 42.5 Å². The second kappa shape index (κ2) is 9.18. The Morgan fingerprint density at radius 3 is 2.35 bits per heavy atom. The Bertz CT molecular complexity index is 1100. The number of ether oxygens (including phenoxy) is 2. The normalized spacial score (nSPS) is 13.7. The highest BCUT2D eigenvalue weighted by Gasteiger charge is 2.22. The van der Waals surface area contributed by atoms with Crippen molar-refractivity contribution in [2.75, 3.05) is 50.6 Å². The van der Waals surface area contributed by atoms with Crippen LogP contribution in [0.3, 0.4) is 0 Å². The fourth-order valence-electron chi connectivity index (χ4n) is 3.65. The van der Waals surface area contributed by atoms with E-state index >= 15 is 0 Å². The Balaban J connectivity index is 1.46. The first-order chi connectivity index (χ1) is 15.1. The van der Waals surface area contributed by atoms with Gasteiger partial charge in [0.05, 0.1) is 19.7 Å². The van der Waals surface area contributed by atoms with E-state index in [-0.39, 0.29) is 0 Å². The fourth-order valence-corrected chi connectivity index (χ4v) is 3.95. The van der Waals surface area contributed by atoms with E-state index in [0.717, 1.165) is 59.3 Å². The van der Waals surface area contributed by atoms with Crippen LogP contribution in [0.2, 0.25) is 0 Å². The molecule has 31 heavy (non-hydrogen) atoms. The molecule has 0 radical (unpaired) electrons. The molecule has 0 saturated carbocycles. The van der Waals surface area contributed by atoms with Gasteiger partial charge in [0.2, 0.25) is 0 Å². The summed E-state index contributed by atoms with van der Waals surface area (Å²) in [6.45, 7) is 6.99. The Morgan fingerprint density at radius 1 is 1.03 bits per heavy atom. The molecule has 7 nitrogen and oxygen atoms in total. The van der Waals surface area contributed by atoms with Crippen LogP contribution >= 0.6 is 12.2 Å². The molecular weight excluding hydrogens is 410 g/mol. The smallest absolute Gasteiger partial charge is 0.173 e. The largest absolute Gasteiger partial charge is 0.493 e. The van der Waals surface area contributed by atoms with Gasteiger partial charge in [0.1, 0.15) is 12.1 Å². The highest BCUT2D eigenvalue weighted by atomic mass is 32.1. The quantitative estimate of drug-likeness (QED) is 0.607. The van der Waals surface area contributed by atoms with Gasteiger partial charge < -0.3 is 24.6 Å². The maximum absolute atomic E-state index is 5.63. The van der Waals surface area contributed by atoms with Gasteiger partial charge in [0, 0.05) is 43.3 Å². The summed E-state index contributed by atoms with van der Waals surface area (Å²) < 4.78 is 10.9. The van der Waals surface area contributed by atoms with Crippen LogP contribution in [0.1, 0.15) is 5.56 Å². The average molecular weight is 436 g/mol. The summed E-state index contributed by atoms with van der Waals surface area (Å²) in [5.41, 5.74) is 2.88. The Kier molecular flexibility index (Phi) is 6.18. The van der Waals surface area contributed by atoms with Gasteiger partial charge >= 0.3 is 0 Å². The van der Waals surface area contributed by atoms with Gasteiger partial charge in [-0.1, -0.05) is 24.8 Å². The number of rotatable bonds is 5. The first-order valence-electron chi connectivity index (χ1n) is 10.0. The van der Waals surface area contributed by atoms with Crippen LogP contribution in [-0.2, 0) is 0 Å². The molecule has 0 atom stereocenters. The molecule has 8 heteroatoms. The highest BCUT2D eigenvalue weighted by molar-refractivity contribution is 7.80. The van der Waals surface area contributed by atoms with Crippen LogP contribution in [0, 0.1) is 0 Å². The zero-order valence-corrected chi connectivity index (χ0v) is 18.5. The minimum Gasteiger partial charge on any atom is -0.493 e. The molecule has 2 aromatic carbocycles. The number of nitrogens with zero attached hydrogens (tertiary/aromatic N) is 4. The summed E-state index contributed by atoms with van der Waals surface area (Å²) in [4.78, 5) is 13.4. The van der Waals surface area contributed by atoms with Crippen molar-refractivity contribution in [3.05, 3.63) is 54.9 Å².